The summed E-state index contributed by atoms with van der Waals surface area (Å²) in [4.78, 5) is 69.5. The van der Waals surface area contributed by atoms with E-state index in [-0.39, 0.29) is 12.8 Å². The summed E-state index contributed by atoms with van der Waals surface area (Å²) in [6.45, 7) is 4.69. The van der Waals surface area contributed by atoms with Gasteiger partial charge >= 0.3 is 17.9 Å². The van der Waals surface area contributed by atoms with Gasteiger partial charge in [0.15, 0.2) is 0 Å². The summed E-state index contributed by atoms with van der Waals surface area (Å²) in [5, 5.41) is 33.3. The van der Waals surface area contributed by atoms with Crippen molar-refractivity contribution in [3.63, 3.8) is 0 Å². The minimum absolute atomic E-state index is 0.131. The second-order valence-corrected chi connectivity index (χ2v) is 7.14. The molecule has 0 aliphatic heterocycles. The first kappa shape index (κ1) is 27.8. The van der Waals surface area contributed by atoms with E-state index in [1.54, 1.807) is 13.8 Å². The molecule has 0 saturated carbocycles. The zero-order valence-corrected chi connectivity index (χ0v) is 17.6. The van der Waals surface area contributed by atoms with E-state index >= 15 is 0 Å². The van der Waals surface area contributed by atoms with Gasteiger partial charge in [0, 0.05) is 6.42 Å². The average molecular weight is 446 g/mol. The minimum atomic E-state index is -1.68. The van der Waals surface area contributed by atoms with Crippen LogP contribution in [0.4, 0.5) is 0 Å². The molecule has 0 aromatic carbocycles. The van der Waals surface area contributed by atoms with Gasteiger partial charge in [-0.2, -0.15) is 0 Å². The van der Waals surface area contributed by atoms with E-state index in [4.69, 9.17) is 21.1 Å². The Hall–Kier alpha value is -3.22. The Morgan fingerprint density at radius 1 is 0.839 bits per heavy atom. The van der Waals surface area contributed by atoms with Crippen LogP contribution in [0.15, 0.2) is 0 Å². The van der Waals surface area contributed by atoms with Crippen LogP contribution in [0.3, 0.4) is 0 Å². The van der Waals surface area contributed by atoms with Gasteiger partial charge in [0.25, 0.3) is 0 Å². The van der Waals surface area contributed by atoms with E-state index in [9.17, 15) is 28.8 Å². The Morgan fingerprint density at radius 3 is 1.87 bits per heavy atom. The fraction of sp³-hybridized carbons (Fsp3) is 0.667. The molecule has 0 aromatic rings. The molecule has 0 bridgehead atoms. The van der Waals surface area contributed by atoms with E-state index in [0.29, 0.717) is 6.42 Å². The normalized spacial score (nSPS) is 15.5. The van der Waals surface area contributed by atoms with Crippen molar-refractivity contribution < 1.29 is 44.1 Å². The maximum atomic E-state index is 12.5. The number of carbonyl (C=O) groups excluding carboxylic acids is 3. The van der Waals surface area contributed by atoms with Crippen LogP contribution >= 0.6 is 0 Å². The third-order valence-electron chi connectivity index (χ3n) is 4.54. The van der Waals surface area contributed by atoms with Crippen LogP contribution in [0.1, 0.15) is 46.5 Å². The number of aliphatic carboxylic acids is 3. The molecule has 0 radical (unpaired) electrons. The van der Waals surface area contributed by atoms with E-state index in [0.717, 1.165) is 0 Å². The highest BCUT2D eigenvalue weighted by Crippen LogP contribution is 2.09. The minimum Gasteiger partial charge on any atom is -0.481 e. The average Bonchev–Trinajstić information content (AvgIpc) is 2.67. The van der Waals surface area contributed by atoms with Crippen molar-refractivity contribution in [1.29, 1.82) is 0 Å². The van der Waals surface area contributed by atoms with Crippen molar-refractivity contribution >= 4 is 35.6 Å². The summed E-state index contributed by atoms with van der Waals surface area (Å²) in [6, 6.07) is -5.14. The molecule has 0 spiro atoms. The first-order valence-corrected chi connectivity index (χ1v) is 9.63. The van der Waals surface area contributed by atoms with Crippen molar-refractivity contribution in [3.8, 4) is 0 Å². The lowest BCUT2D eigenvalue weighted by Gasteiger charge is -2.27. The smallest absolute Gasteiger partial charge is 0.326 e. The number of nitrogens with two attached hydrogens (primary N) is 1. The first-order chi connectivity index (χ1) is 14.3. The van der Waals surface area contributed by atoms with Crippen molar-refractivity contribution in [3.05, 3.63) is 0 Å². The summed E-state index contributed by atoms with van der Waals surface area (Å²) in [7, 11) is 0. The third-order valence-corrected chi connectivity index (χ3v) is 4.54. The molecule has 0 aliphatic carbocycles. The van der Waals surface area contributed by atoms with E-state index in [1.807, 2.05) is 0 Å². The lowest BCUT2D eigenvalue weighted by atomic mass is 9.97. The molecule has 176 valence electrons. The molecule has 0 fully saturated rings. The highest BCUT2D eigenvalue weighted by atomic mass is 16.4. The monoisotopic (exact) mass is 446 g/mol. The molecular formula is C18H30N4O9. The molecule has 0 aromatic heterocycles. The Morgan fingerprint density at radius 2 is 1.42 bits per heavy atom. The quantitative estimate of drug-likeness (QED) is 0.159. The third kappa shape index (κ3) is 10.4. The van der Waals surface area contributed by atoms with E-state index in [1.165, 1.54) is 6.92 Å². The molecule has 8 N–H and O–H groups in total. The standard InChI is InChI=1S/C18H30N4O9/c1-4-8(2)14(17(29)21-11(18(30)31)7-13(25)26)22-15(27)9(3)20-16(28)10(19)5-6-12(23)24/h8-11,14H,4-7,19H2,1-3H3,(H,20,28)(H,21,29)(H,22,27)(H,23,24)(H,25,26)(H,30,31). The Balaban J connectivity index is 5.13. The molecule has 0 heterocycles. The van der Waals surface area contributed by atoms with Gasteiger partial charge in [-0.25, -0.2) is 4.79 Å². The van der Waals surface area contributed by atoms with Crippen LogP contribution in [-0.4, -0.2) is 75.1 Å². The highest BCUT2D eigenvalue weighted by Gasteiger charge is 2.32. The van der Waals surface area contributed by atoms with E-state index in [2.05, 4.69) is 16.0 Å². The number of hydrogen-bond acceptors (Lipinski definition) is 7. The molecule has 5 unspecified atom stereocenters. The van der Waals surface area contributed by atoms with Crippen molar-refractivity contribution in [2.45, 2.75) is 70.6 Å². The second-order valence-electron chi connectivity index (χ2n) is 7.14. The molecule has 3 amide bonds. The van der Waals surface area contributed by atoms with Crippen molar-refractivity contribution in [2.75, 3.05) is 0 Å². The van der Waals surface area contributed by atoms with Gasteiger partial charge < -0.3 is 37.0 Å². The summed E-state index contributed by atoms with van der Waals surface area (Å²) in [5.74, 6) is -6.92. The van der Waals surface area contributed by atoms with Crippen LogP contribution in [0.5, 0.6) is 0 Å². The van der Waals surface area contributed by atoms with Crippen LogP contribution in [0.2, 0.25) is 0 Å². The number of hydrogen-bond donors (Lipinski definition) is 7. The number of carbonyl (C=O) groups is 6. The summed E-state index contributed by atoms with van der Waals surface area (Å²) >= 11 is 0. The van der Waals surface area contributed by atoms with Gasteiger partial charge in [0.2, 0.25) is 17.7 Å². The topological polar surface area (TPSA) is 225 Å². The first-order valence-electron chi connectivity index (χ1n) is 9.63. The van der Waals surface area contributed by atoms with Crippen LogP contribution < -0.4 is 21.7 Å². The second kappa shape index (κ2) is 13.2. The Kier molecular flexibility index (Phi) is 11.8. The summed E-state index contributed by atoms with van der Waals surface area (Å²) in [5.41, 5.74) is 5.58. The zero-order chi connectivity index (χ0) is 24.3. The summed E-state index contributed by atoms with van der Waals surface area (Å²) in [6.07, 6.45) is -0.876. The van der Waals surface area contributed by atoms with Gasteiger partial charge in [-0.1, -0.05) is 20.3 Å². The number of nitrogens with one attached hydrogen (secondary N) is 3. The van der Waals surface area contributed by atoms with Crippen molar-refractivity contribution in [1.82, 2.24) is 16.0 Å². The maximum Gasteiger partial charge on any atom is 0.326 e. The Labute approximate surface area is 178 Å². The lowest BCUT2D eigenvalue weighted by Crippen LogP contribution is -2.58. The fourth-order valence-corrected chi connectivity index (χ4v) is 2.41. The van der Waals surface area contributed by atoms with Gasteiger partial charge in [0.1, 0.15) is 18.1 Å². The number of rotatable bonds is 14. The molecule has 13 heteroatoms. The molecule has 0 aliphatic rings. The fourth-order valence-electron chi connectivity index (χ4n) is 2.41. The highest BCUT2D eigenvalue weighted by molar-refractivity contribution is 5.94. The molecule has 13 nitrogen and oxygen atoms in total. The molecule has 31 heavy (non-hydrogen) atoms. The van der Waals surface area contributed by atoms with Crippen LogP contribution in [-0.2, 0) is 28.8 Å². The largest absolute Gasteiger partial charge is 0.481 e. The van der Waals surface area contributed by atoms with Gasteiger partial charge in [-0.05, 0) is 19.3 Å². The lowest BCUT2D eigenvalue weighted by molar-refractivity contribution is -0.147. The summed E-state index contributed by atoms with van der Waals surface area (Å²) < 4.78 is 0. The predicted molar refractivity (Wildman–Crippen MR) is 106 cm³/mol. The SMILES string of the molecule is CCC(C)C(NC(=O)C(C)NC(=O)C(N)CCC(=O)O)C(=O)NC(CC(=O)O)C(=O)O. The molecule has 0 saturated heterocycles. The van der Waals surface area contributed by atoms with Gasteiger partial charge in [-0.3, -0.25) is 24.0 Å². The number of carboxylic acids is 3. The number of carboxylic acid groups (broad SMARTS) is 3. The van der Waals surface area contributed by atoms with Crippen LogP contribution in [0.25, 0.3) is 0 Å². The van der Waals surface area contributed by atoms with Crippen molar-refractivity contribution in [2.24, 2.45) is 11.7 Å². The zero-order valence-electron chi connectivity index (χ0n) is 17.6. The van der Waals surface area contributed by atoms with E-state index < -0.39 is 72.1 Å². The maximum absolute atomic E-state index is 12.5. The number of amides is 3. The van der Waals surface area contributed by atoms with Crippen LogP contribution in [0, 0.1) is 5.92 Å². The predicted octanol–water partition coefficient (Wildman–Crippen LogP) is -1.74. The van der Waals surface area contributed by atoms with Gasteiger partial charge in [-0.15, -0.1) is 0 Å². The molecule has 5 atom stereocenters. The van der Waals surface area contributed by atoms with Gasteiger partial charge in [0.05, 0.1) is 12.5 Å². The molecule has 0 rings (SSSR count). The molecular weight excluding hydrogens is 416 g/mol. The Bertz CT molecular complexity index is 698.